The molecule has 1 aliphatic heterocycles. The molecular formula is C17H28N4O7. The molecule has 3 heterocycles. The molecular weight excluding hydrogens is 372 g/mol. The Kier molecular flexibility index (Phi) is 9.59. The van der Waals surface area contributed by atoms with Crippen LogP contribution in [0.5, 0.6) is 0 Å². The van der Waals surface area contributed by atoms with Gasteiger partial charge < -0.3 is 35.6 Å². The Bertz CT molecular complexity index is 739. The van der Waals surface area contributed by atoms with Gasteiger partial charge in [-0.25, -0.2) is 14.3 Å². The Balaban J connectivity index is 0.00000196. The van der Waals surface area contributed by atoms with Crippen LogP contribution in [-0.2, 0) is 18.9 Å². The second kappa shape index (κ2) is 11.4. The summed E-state index contributed by atoms with van der Waals surface area (Å²) in [6, 6.07) is 3.80. The van der Waals surface area contributed by atoms with E-state index < -0.39 is 6.16 Å². The number of hydrogen-bond donors (Lipinski definition) is 1. The highest BCUT2D eigenvalue weighted by atomic mass is 16.7. The molecule has 11 nitrogen and oxygen atoms in total. The van der Waals surface area contributed by atoms with Crippen LogP contribution in [0.2, 0.25) is 0 Å². The van der Waals surface area contributed by atoms with Crippen LogP contribution in [0.4, 0.5) is 10.6 Å². The zero-order chi connectivity index (χ0) is 18.4. The highest BCUT2D eigenvalue weighted by molar-refractivity contribution is 5.65. The maximum Gasteiger partial charge on any atom is 0.508 e. The third kappa shape index (κ3) is 5.76. The van der Waals surface area contributed by atoms with Gasteiger partial charge in [-0.1, -0.05) is 6.92 Å². The summed E-state index contributed by atoms with van der Waals surface area (Å²) in [5, 5.41) is 4.23. The highest BCUT2D eigenvalue weighted by Gasteiger charge is 2.30. The first-order valence-electron chi connectivity index (χ1n) is 8.80. The molecule has 0 amide bonds. The van der Waals surface area contributed by atoms with Crippen LogP contribution in [0.3, 0.4) is 0 Å². The van der Waals surface area contributed by atoms with Crippen molar-refractivity contribution < 1.29 is 34.7 Å². The van der Waals surface area contributed by atoms with E-state index in [1.54, 1.807) is 4.52 Å². The molecule has 6 N–H and O–H groups in total. The number of rotatable bonds is 8. The predicted molar refractivity (Wildman–Crippen MR) is 99.9 cm³/mol. The van der Waals surface area contributed by atoms with E-state index >= 15 is 0 Å². The third-order valence-electron chi connectivity index (χ3n) is 4.13. The molecule has 3 rings (SSSR count). The summed E-state index contributed by atoms with van der Waals surface area (Å²) < 4.78 is 23.0. The molecule has 2 atom stereocenters. The van der Waals surface area contributed by atoms with E-state index in [1.807, 2.05) is 19.1 Å². The van der Waals surface area contributed by atoms with E-state index in [9.17, 15) is 4.79 Å². The topological polar surface area (TPSA) is 173 Å². The fraction of sp³-hybridized carbons (Fsp3) is 0.588. The minimum Gasteiger partial charge on any atom is -0.432 e. The Morgan fingerprint density at radius 3 is 2.86 bits per heavy atom. The number of hydrogen-bond acceptors (Lipinski definition) is 8. The molecule has 28 heavy (non-hydrogen) atoms. The van der Waals surface area contributed by atoms with E-state index in [1.165, 1.54) is 6.33 Å². The predicted octanol–water partition coefficient (Wildman–Crippen LogP) is 0.462. The van der Waals surface area contributed by atoms with Crippen molar-refractivity contribution in [2.45, 2.75) is 38.4 Å². The molecule has 2 aromatic rings. The van der Waals surface area contributed by atoms with Gasteiger partial charge in [0.1, 0.15) is 31.2 Å². The standard InChI is InChI=1S/C17H24N4O5.2H2O/c1-2-7-23-8-9-24-17(22)25-10-12-3-6-15(26-12)13-4-5-14-16(18)19-11-20-21(13)14;;/h4-5,11-12,15H,2-3,6-10H2,1H3,(H2,18,19,20);2*1H2. The lowest BCUT2D eigenvalue weighted by Gasteiger charge is -2.14. The third-order valence-corrected chi connectivity index (χ3v) is 4.13. The summed E-state index contributed by atoms with van der Waals surface area (Å²) in [6.07, 6.45) is 2.94. The van der Waals surface area contributed by atoms with Gasteiger partial charge in [-0.3, -0.25) is 0 Å². The summed E-state index contributed by atoms with van der Waals surface area (Å²) in [4.78, 5) is 15.5. The second-order valence-corrected chi connectivity index (χ2v) is 6.05. The van der Waals surface area contributed by atoms with Crippen molar-refractivity contribution in [3.05, 3.63) is 24.2 Å². The van der Waals surface area contributed by atoms with E-state index in [0.717, 1.165) is 30.5 Å². The van der Waals surface area contributed by atoms with Crippen LogP contribution in [0.15, 0.2) is 18.5 Å². The number of aromatic nitrogens is 3. The number of ether oxygens (including phenoxy) is 4. The Hall–Kier alpha value is -2.47. The van der Waals surface area contributed by atoms with Gasteiger partial charge in [0.2, 0.25) is 0 Å². The molecule has 0 aromatic carbocycles. The van der Waals surface area contributed by atoms with Crippen molar-refractivity contribution in [1.82, 2.24) is 14.6 Å². The quantitative estimate of drug-likeness (QED) is 0.491. The zero-order valence-corrected chi connectivity index (χ0v) is 15.8. The molecule has 2 unspecified atom stereocenters. The van der Waals surface area contributed by atoms with Gasteiger partial charge in [0, 0.05) is 6.61 Å². The molecule has 158 valence electrons. The number of carbonyl (C=O) groups is 1. The monoisotopic (exact) mass is 400 g/mol. The smallest absolute Gasteiger partial charge is 0.432 e. The highest BCUT2D eigenvalue weighted by Crippen LogP contribution is 2.33. The Labute approximate surface area is 162 Å². The van der Waals surface area contributed by atoms with E-state index in [2.05, 4.69) is 10.1 Å². The van der Waals surface area contributed by atoms with Crippen molar-refractivity contribution in [2.24, 2.45) is 0 Å². The fourth-order valence-corrected chi connectivity index (χ4v) is 2.90. The molecule has 1 aliphatic rings. The second-order valence-electron chi connectivity index (χ2n) is 6.05. The van der Waals surface area contributed by atoms with Crippen LogP contribution in [0, 0.1) is 0 Å². The molecule has 1 fully saturated rings. The molecule has 0 spiro atoms. The molecule has 1 saturated heterocycles. The van der Waals surface area contributed by atoms with E-state index in [4.69, 9.17) is 24.7 Å². The Morgan fingerprint density at radius 1 is 1.25 bits per heavy atom. The minimum absolute atomic E-state index is 0. The minimum atomic E-state index is -0.703. The van der Waals surface area contributed by atoms with Gasteiger partial charge in [0.25, 0.3) is 0 Å². The molecule has 0 bridgehead atoms. The van der Waals surface area contributed by atoms with Crippen LogP contribution < -0.4 is 5.73 Å². The summed E-state index contributed by atoms with van der Waals surface area (Å²) in [5.74, 6) is 0.426. The van der Waals surface area contributed by atoms with Gasteiger partial charge in [-0.2, -0.15) is 5.10 Å². The van der Waals surface area contributed by atoms with Crippen LogP contribution in [0.25, 0.3) is 5.52 Å². The normalized spacial score (nSPS) is 18.3. The first-order chi connectivity index (χ1) is 12.7. The van der Waals surface area contributed by atoms with Crippen molar-refractivity contribution in [1.29, 1.82) is 0 Å². The number of anilines is 1. The van der Waals surface area contributed by atoms with Crippen LogP contribution in [-0.4, -0.2) is 64.2 Å². The van der Waals surface area contributed by atoms with E-state index in [-0.39, 0.29) is 36.4 Å². The summed E-state index contributed by atoms with van der Waals surface area (Å²) in [5.41, 5.74) is 7.51. The van der Waals surface area contributed by atoms with Crippen molar-refractivity contribution in [3.63, 3.8) is 0 Å². The summed E-state index contributed by atoms with van der Waals surface area (Å²) in [7, 11) is 0. The lowest BCUT2D eigenvalue weighted by atomic mass is 10.1. The number of nitrogens with two attached hydrogens (primary N) is 1. The maximum atomic E-state index is 11.6. The molecule has 2 aromatic heterocycles. The van der Waals surface area contributed by atoms with Crippen molar-refractivity contribution in [3.8, 4) is 0 Å². The van der Waals surface area contributed by atoms with Crippen LogP contribution >= 0.6 is 0 Å². The lowest BCUT2D eigenvalue weighted by Crippen LogP contribution is -2.20. The van der Waals surface area contributed by atoms with Gasteiger partial charge in [0.15, 0.2) is 5.82 Å². The average molecular weight is 400 g/mol. The fourth-order valence-electron chi connectivity index (χ4n) is 2.90. The zero-order valence-electron chi connectivity index (χ0n) is 15.8. The molecule has 0 radical (unpaired) electrons. The summed E-state index contributed by atoms with van der Waals surface area (Å²) in [6.45, 7) is 3.39. The van der Waals surface area contributed by atoms with E-state index in [0.29, 0.717) is 19.0 Å². The van der Waals surface area contributed by atoms with Gasteiger partial charge >= 0.3 is 6.16 Å². The van der Waals surface area contributed by atoms with Gasteiger partial charge in [0.05, 0.1) is 18.4 Å². The molecule has 0 aliphatic carbocycles. The number of nitrogens with zero attached hydrogens (tertiary/aromatic N) is 3. The van der Waals surface area contributed by atoms with Crippen LogP contribution in [0.1, 0.15) is 38.0 Å². The van der Waals surface area contributed by atoms with Gasteiger partial charge in [-0.15, -0.1) is 0 Å². The number of fused-ring (bicyclic) bond motifs is 1. The maximum absolute atomic E-state index is 11.6. The molecule has 11 heteroatoms. The molecule has 0 saturated carbocycles. The first kappa shape index (κ1) is 23.6. The lowest BCUT2D eigenvalue weighted by molar-refractivity contribution is -0.0227. The SMILES string of the molecule is CCCOCCOC(=O)OCC1CCC(c2ccc3c(N)ncnn23)O1.O.O. The first-order valence-corrected chi connectivity index (χ1v) is 8.80. The summed E-state index contributed by atoms with van der Waals surface area (Å²) >= 11 is 0. The van der Waals surface area contributed by atoms with Gasteiger partial charge in [-0.05, 0) is 31.4 Å². The van der Waals surface area contributed by atoms with Crippen molar-refractivity contribution in [2.75, 3.05) is 32.2 Å². The number of nitrogen functional groups attached to an aromatic ring is 1. The number of carbonyl (C=O) groups excluding carboxylic acids is 1. The largest absolute Gasteiger partial charge is 0.508 e. The van der Waals surface area contributed by atoms with Crippen molar-refractivity contribution >= 4 is 17.5 Å². The Morgan fingerprint density at radius 2 is 2.07 bits per heavy atom. The average Bonchev–Trinajstić information content (AvgIpc) is 3.27.